The summed E-state index contributed by atoms with van der Waals surface area (Å²) in [4.78, 5) is 10.3. The van der Waals surface area contributed by atoms with E-state index in [4.69, 9.17) is 0 Å². The van der Waals surface area contributed by atoms with Gasteiger partial charge in [-0.05, 0) is 11.2 Å². The fourth-order valence-electron chi connectivity index (χ4n) is 0.858. The van der Waals surface area contributed by atoms with Crippen LogP contribution in [0, 0.1) is 4.91 Å². The van der Waals surface area contributed by atoms with Crippen molar-refractivity contribution in [2.24, 2.45) is 10.3 Å². The maximum atomic E-state index is 10.3. The van der Waals surface area contributed by atoms with E-state index < -0.39 is 0 Å². The summed E-state index contributed by atoms with van der Waals surface area (Å²) in [5.41, 5.74) is 1.14. The van der Waals surface area contributed by atoms with Gasteiger partial charge in [0.15, 0.2) is 0 Å². The summed E-state index contributed by atoms with van der Waals surface area (Å²) in [5, 5.41) is 8.56. The van der Waals surface area contributed by atoms with Gasteiger partial charge in [0.1, 0.15) is 5.69 Å². The Balaban J connectivity index is 2.93. The Bertz CT molecular complexity index is 320. The Kier molecular flexibility index (Phi) is 3.14. The van der Waals surface area contributed by atoms with Crippen LogP contribution in [0.3, 0.4) is 0 Å². The molecule has 0 aliphatic rings. The van der Waals surface area contributed by atoms with E-state index in [0.29, 0.717) is 5.69 Å². The zero-order valence-corrected chi connectivity index (χ0v) is 7.64. The first-order chi connectivity index (χ1) is 6.24. The molecule has 0 aliphatic heterocycles. The number of hydrazone groups is 1. The van der Waals surface area contributed by atoms with Crippen LogP contribution in [0.5, 0.6) is 0 Å². The minimum absolute atomic E-state index is 0.410. The molecule has 0 spiro atoms. The molecule has 0 heterocycles. The lowest BCUT2D eigenvalue weighted by molar-refractivity contribution is 0.440. The maximum Gasteiger partial charge on any atom is 0.116 e. The van der Waals surface area contributed by atoms with E-state index in [9.17, 15) is 4.91 Å². The van der Waals surface area contributed by atoms with Crippen molar-refractivity contribution < 1.29 is 0 Å². The fraction of sp³-hybridized carbons (Fsp3) is 0.222. The van der Waals surface area contributed by atoms with E-state index in [1.54, 1.807) is 29.4 Å². The van der Waals surface area contributed by atoms with Crippen LogP contribution in [0.1, 0.15) is 5.56 Å². The van der Waals surface area contributed by atoms with Gasteiger partial charge in [-0.15, -0.1) is 4.91 Å². The first-order valence-electron chi connectivity index (χ1n) is 3.87. The minimum Gasteiger partial charge on any atom is -0.303 e. The fourth-order valence-corrected chi connectivity index (χ4v) is 0.858. The minimum atomic E-state index is 0.410. The lowest BCUT2D eigenvalue weighted by Crippen LogP contribution is -2.01. The van der Waals surface area contributed by atoms with E-state index >= 15 is 0 Å². The number of nitroso groups, excluding NO2 is 1. The molecular weight excluding hydrogens is 166 g/mol. The maximum absolute atomic E-state index is 10.3. The molecule has 0 radical (unpaired) electrons. The smallest absolute Gasteiger partial charge is 0.116 e. The van der Waals surface area contributed by atoms with Crippen LogP contribution in [-0.4, -0.2) is 25.3 Å². The molecule has 0 aliphatic carbocycles. The molecular formula is C9H11N3O. The van der Waals surface area contributed by atoms with Gasteiger partial charge in [0.05, 0.1) is 6.21 Å². The molecule has 1 rings (SSSR count). The Morgan fingerprint density at radius 1 is 1.31 bits per heavy atom. The molecule has 68 valence electrons. The molecule has 1 aromatic carbocycles. The van der Waals surface area contributed by atoms with Crippen LogP contribution in [-0.2, 0) is 0 Å². The molecule has 13 heavy (non-hydrogen) atoms. The van der Waals surface area contributed by atoms with Gasteiger partial charge in [-0.3, -0.25) is 0 Å². The highest BCUT2D eigenvalue weighted by molar-refractivity contribution is 5.86. The van der Waals surface area contributed by atoms with Gasteiger partial charge in [-0.2, -0.15) is 5.10 Å². The number of hydrogen-bond acceptors (Lipinski definition) is 4. The van der Waals surface area contributed by atoms with Crippen LogP contribution in [0.4, 0.5) is 5.69 Å². The highest BCUT2D eigenvalue weighted by atomic mass is 16.3. The van der Waals surface area contributed by atoms with Gasteiger partial charge < -0.3 is 5.01 Å². The molecule has 0 bridgehead atoms. The Labute approximate surface area is 76.8 Å². The highest BCUT2D eigenvalue weighted by Gasteiger charge is 1.97. The predicted molar refractivity (Wildman–Crippen MR) is 53.2 cm³/mol. The zero-order chi connectivity index (χ0) is 9.68. The van der Waals surface area contributed by atoms with Crippen molar-refractivity contribution in [1.29, 1.82) is 0 Å². The summed E-state index contributed by atoms with van der Waals surface area (Å²) < 4.78 is 0. The van der Waals surface area contributed by atoms with Crippen molar-refractivity contribution in [2.45, 2.75) is 0 Å². The molecule has 4 nitrogen and oxygen atoms in total. The molecule has 0 atom stereocenters. The topological polar surface area (TPSA) is 45.0 Å². The second-order valence-corrected chi connectivity index (χ2v) is 2.74. The first kappa shape index (κ1) is 9.38. The quantitative estimate of drug-likeness (QED) is 0.402. The van der Waals surface area contributed by atoms with E-state index in [0.717, 1.165) is 5.56 Å². The average molecular weight is 177 g/mol. The van der Waals surface area contributed by atoms with Crippen molar-refractivity contribution in [2.75, 3.05) is 14.1 Å². The van der Waals surface area contributed by atoms with Gasteiger partial charge >= 0.3 is 0 Å². The van der Waals surface area contributed by atoms with Crippen molar-refractivity contribution in [3.8, 4) is 0 Å². The van der Waals surface area contributed by atoms with Gasteiger partial charge in [0.2, 0.25) is 0 Å². The molecule has 0 aromatic heterocycles. The third kappa shape index (κ3) is 2.66. The molecule has 4 heteroatoms. The van der Waals surface area contributed by atoms with Gasteiger partial charge in [-0.25, -0.2) is 0 Å². The molecule has 0 saturated carbocycles. The molecule has 0 amide bonds. The Hall–Kier alpha value is -1.71. The normalized spacial score (nSPS) is 10.3. The monoisotopic (exact) mass is 177 g/mol. The standard InChI is InChI=1S/C9H11N3O/c1-12(2)10-7-8-5-3-4-6-9(8)11-13/h3-7H,1-2H3/b10-7+. The van der Waals surface area contributed by atoms with E-state index in [1.807, 2.05) is 20.2 Å². The lowest BCUT2D eigenvalue weighted by Gasteiger charge is -2.02. The van der Waals surface area contributed by atoms with E-state index in [2.05, 4.69) is 10.3 Å². The van der Waals surface area contributed by atoms with Crippen LogP contribution in [0.2, 0.25) is 0 Å². The lowest BCUT2D eigenvalue weighted by atomic mass is 10.2. The summed E-state index contributed by atoms with van der Waals surface area (Å²) in [7, 11) is 3.63. The third-order valence-electron chi connectivity index (χ3n) is 1.46. The Morgan fingerprint density at radius 2 is 2.00 bits per heavy atom. The van der Waals surface area contributed by atoms with Crippen molar-refractivity contribution in [3.05, 3.63) is 34.7 Å². The second kappa shape index (κ2) is 4.35. The number of nitrogens with zero attached hydrogens (tertiary/aromatic N) is 3. The van der Waals surface area contributed by atoms with Crippen LogP contribution >= 0.6 is 0 Å². The largest absolute Gasteiger partial charge is 0.303 e. The van der Waals surface area contributed by atoms with Crippen LogP contribution in [0.25, 0.3) is 0 Å². The average Bonchev–Trinajstić information content (AvgIpc) is 2.15. The molecule has 0 unspecified atom stereocenters. The van der Waals surface area contributed by atoms with Gasteiger partial charge in [-0.1, -0.05) is 18.2 Å². The highest BCUT2D eigenvalue weighted by Crippen LogP contribution is 2.15. The summed E-state index contributed by atoms with van der Waals surface area (Å²) in [5.74, 6) is 0. The summed E-state index contributed by atoms with van der Waals surface area (Å²) in [6.07, 6.45) is 1.61. The third-order valence-corrected chi connectivity index (χ3v) is 1.46. The van der Waals surface area contributed by atoms with E-state index in [1.165, 1.54) is 0 Å². The first-order valence-corrected chi connectivity index (χ1v) is 3.87. The van der Waals surface area contributed by atoms with Gasteiger partial charge in [0, 0.05) is 19.7 Å². The molecule has 1 aromatic rings. The molecule has 0 saturated heterocycles. The molecule has 0 N–H and O–H groups in total. The van der Waals surface area contributed by atoms with E-state index in [-0.39, 0.29) is 0 Å². The summed E-state index contributed by atoms with van der Waals surface area (Å²) in [6, 6.07) is 7.06. The summed E-state index contributed by atoms with van der Waals surface area (Å²) in [6.45, 7) is 0. The van der Waals surface area contributed by atoms with Crippen LogP contribution < -0.4 is 0 Å². The van der Waals surface area contributed by atoms with Crippen molar-refractivity contribution >= 4 is 11.9 Å². The number of benzene rings is 1. The van der Waals surface area contributed by atoms with Crippen LogP contribution in [0.15, 0.2) is 34.5 Å². The predicted octanol–water partition coefficient (Wildman–Crippen LogP) is 1.98. The molecule has 0 fully saturated rings. The Morgan fingerprint density at radius 3 is 2.62 bits per heavy atom. The SMILES string of the molecule is CN(C)/N=C/c1ccccc1N=O. The zero-order valence-electron chi connectivity index (χ0n) is 7.64. The number of rotatable bonds is 3. The van der Waals surface area contributed by atoms with Crippen molar-refractivity contribution in [1.82, 2.24) is 5.01 Å². The summed E-state index contributed by atoms with van der Waals surface area (Å²) >= 11 is 0. The van der Waals surface area contributed by atoms with Gasteiger partial charge in [0.25, 0.3) is 0 Å². The second-order valence-electron chi connectivity index (χ2n) is 2.74. The van der Waals surface area contributed by atoms with Crippen molar-refractivity contribution in [3.63, 3.8) is 0 Å². The number of hydrogen-bond donors (Lipinski definition) is 0.